The number of carbonyl (C=O) groups is 1. The Morgan fingerprint density at radius 3 is 2.76 bits per heavy atom. The lowest BCUT2D eigenvalue weighted by atomic mass is 10.2. The number of rotatable bonds is 4. The number of esters is 1. The number of non-ortho nitro benzene ring substituents is 1. The van der Waals surface area contributed by atoms with Crippen LogP contribution in [-0.4, -0.2) is 27.1 Å². The third-order valence-electron chi connectivity index (χ3n) is 2.79. The van der Waals surface area contributed by atoms with Crippen molar-refractivity contribution in [2.75, 3.05) is 6.61 Å². The molecule has 1 N–H and O–H groups in total. The van der Waals surface area contributed by atoms with E-state index in [1.807, 2.05) is 0 Å². The number of aromatic nitrogens is 2. The van der Waals surface area contributed by atoms with Gasteiger partial charge in [0.05, 0.1) is 22.4 Å². The topological polar surface area (TPSA) is 124 Å². The number of fused-ring (bicyclic) bond motifs is 1. The summed E-state index contributed by atoms with van der Waals surface area (Å²) in [4.78, 5) is 47.2. The van der Waals surface area contributed by atoms with Crippen molar-refractivity contribution in [1.29, 1.82) is 0 Å². The molecule has 0 atom stereocenters. The van der Waals surface area contributed by atoms with Gasteiger partial charge in [-0.2, -0.15) is 0 Å². The van der Waals surface area contributed by atoms with Gasteiger partial charge in [-0.3, -0.25) is 29.3 Å². The number of aromatic amines is 1. The van der Waals surface area contributed by atoms with Crippen LogP contribution in [0.2, 0.25) is 0 Å². The molecule has 0 saturated carbocycles. The maximum absolute atomic E-state index is 11.8. The lowest BCUT2D eigenvalue weighted by Gasteiger charge is -2.08. The number of hydrogen-bond acceptors (Lipinski definition) is 6. The van der Waals surface area contributed by atoms with Gasteiger partial charge in [-0.15, -0.1) is 0 Å². The number of nitro benzene ring substituents is 1. The minimum absolute atomic E-state index is 0.00556. The highest BCUT2D eigenvalue weighted by molar-refractivity contribution is 5.82. The van der Waals surface area contributed by atoms with Gasteiger partial charge >= 0.3 is 11.7 Å². The molecule has 0 amide bonds. The second-order valence-electron chi connectivity index (χ2n) is 4.11. The van der Waals surface area contributed by atoms with E-state index in [0.717, 1.165) is 16.7 Å². The molecule has 2 rings (SSSR count). The molecule has 0 bridgehead atoms. The average Bonchev–Trinajstić information content (AvgIpc) is 2.43. The van der Waals surface area contributed by atoms with Gasteiger partial charge in [0.25, 0.3) is 11.2 Å². The maximum Gasteiger partial charge on any atom is 0.329 e. The summed E-state index contributed by atoms with van der Waals surface area (Å²) in [5.41, 5.74) is -1.79. The first-order chi connectivity index (χ1) is 9.93. The van der Waals surface area contributed by atoms with Crippen molar-refractivity contribution < 1.29 is 14.5 Å². The molecule has 1 heterocycles. The summed E-state index contributed by atoms with van der Waals surface area (Å²) in [6.07, 6.45) is 0. The first-order valence-corrected chi connectivity index (χ1v) is 6.01. The predicted molar refractivity (Wildman–Crippen MR) is 72.1 cm³/mol. The van der Waals surface area contributed by atoms with Gasteiger partial charge in [-0.05, 0) is 13.0 Å². The Kier molecular flexibility index (Phi) is 3.83. The Hall–Kier alpha value is -2.97. The first-order valence-electron chi connectivity index (χ1n) is 6.01. The molecule has 0 saturated heterocycles. The summed E-state index contributed by atoms with van der Waals surface area (Å²) in [6, 6.07) is 3.45. The highest BCUT2D eigenvalue weighted by Crippen LogP contribution is 2.17. The van der Waals surface area contributed by atoms with Crippen LogP contribution in [0.4, 0.5) is 5.69 Å². The SMILES string of the molecule is CCOC(=O)Cn1c(=O)[nH]c(=O)c2ccc([N+](=O)[O-])cc21. The zero-order valence-electron chi connectivity index (χ0n) is 11.0. The number of nitrogens with zero attached hydrogens (tertiary/aromatic N) is 2. The Bertz CT molecular complexity index is 835. The van der Waals surface area contributed by atoms with Crippen LogP contribution >= 0.6 is 0 Å². The minimum atomic E-state index is -0.832. The fourth-order valence-electron chi connectivity index (χ4n) is 1.88. The highest BCUT2D eigenvalue weighted by Gasteiger charge is 2.15. The third kappa shape index (κ3) is 2.81. The molecule has 0 aliphatic heterocycles. The molecule has 0 aliphatic rings. The van der Waals surface area contributed by atoms with Crippen LogP contribution in [0.25, 0.3) is 10.9 Å². The molecule has 0 aliphatic carbocycles. The van der Waals surface area contributed by atoms with E-state index in [-0.39, 0.29) is 23.2 Å². The van der Waals surface area contributed by atoms with Crippen LogP contribution in [0.3, 0.4) is 0 Å². The molecule has 21 heavy (non-hydrogen) atoms. The lowest BCUT2D eigenvalue weighted by Crippen LogP contribution is -2.33. The van der Waals surface area contributed by atoms with E-state index in [1.165, 1.54) is 6.07 Å². The van der Waals surface area contributed by atoms with E-state index >= 15 is 0 Å². The molecular formula is C12H11N3O6. The number of H-pyrrole nitrogens is 1. The molecule has 110 valence electrons. The maximum atomic E-state index is 11.8. The third-order valence-corrected chi connectivity index (χ3v) is 2.79. The van der Waals surface area contributed by atoms with E-state index in [9.17, 15) is 24.5 Å². The fraction of sp³-hybridized carbons (Fsp3) is 0.250. The second-order valence-corrected chi connectivity index (χ2v) is 4.11. The van der Waals surface area contributed by atoms with Crippen LogP contribution in [0.1, 0.15) is 6.92 Å². The summed E-state index contributed by atoms with van der Waals surface area (Å²) in [5, 5.41) is 10.9. The van der Waals surface area contributed by atoms with Gasteiger partial charge in [-0.1, -0.05) is 0 Å². The highest BCUT2D eigenvalue weighted by atomic mass is 16.6. The normalized spacial score (nSPS) is 10.5. The number of carbonyl (C=O) groups excluding carboxylic acids is 1. The summed E-state index contributed by atoms with van der Waals surface area (Å²) in [6.45, 7) is 1.30. The van der Waals surface area contributed by atoms with Crippen LogP contribution < -0.4 is 11.2 Å². The summed E-state index contributed by atoms with van der Waals surface area (Å²) < 4.78 is 5.67. The molecule has 0 spiro atoms. The van der Waals surface area contributed by atoms with Crippen LogP contribution in [-0.2, 0) is 16.1 Å². The quantitative estimate of drug-likeness (QED) is 0.486. The summed E-state index contributed by atoms with van der Waals surface area (Å²) >= 11 is 0. The predicted octanol–water partition coefficient (Wildman–Crippen LogP) is 0.161. The van der Waals surface area contributed by atoms with Gasteiger partial charge in [0, 0.05) is 12.1 Å². The molecule has 0 fully saturated rings. The standard InChI is InChI=1S/C12H11N3O6/c1-2-21-10(16)6-14-9-5-7(15(19)20)3-4-8(9)11(17)13-12(14)18/h3-5H,2,6H2,1H3,(H,13,17,18). The molecular weight excluding hydrogens is 282 g/mol. The minimum Gasteiger partial charge on any atom is -0.465 e. The van der Waals surface area contributed by atoms with Gasteiger partial charge in [0.2, 0.25) is 0 Å². The Balaban J connectivity index is 2.69. The van der Waals surface area contributed by atoms with E-state index in [4.69, 9.17) is 4.74 Å². The zero-order valence-corrected chi connectivity index (χ0v) is 11.0. The number of benzene rings is 1. The van der Waals surface area contributed by atoms with Crippen LogP contribution in [0.15, 0.2) is 27.8 Å². The van der Waals surface area contributed by atoms with Crippen LogP contribution in [0, 0.1) is 10.1 Å². The van der Waals surface area contributed by atoms with Crippen molar-refractivity contribution in [2.24, 2.45) is 0 Å². The number of hydrogen-bond donors (Lipinski definition) is 1. The van der Waals surface area contributed by atoms with Crippen molar-refractivity contribution >= 4 is 22.6 Å². The molecule has 0 unspecified atom stereocenters. The van der Waals surface area contributed by atoms with Crippen molar-refractivity contribution in [3.63, 3.8) is 0 Å². The Labute approximate surface area is 116 Å². The lowest BCUT2D eigenvalue weighted by molar-refractivity contribution is -0.384. The van der Waals surface area contributed by atoms with E-state index < -0.39 is 28.7 Å². The number of ether oxygens (including phenoxy) is 1. The molecule has 1 aromatic carbocycles. The van der Waals surface area contributed by atoms with Crippen LogP contribution in [0.5, 0.6) is 0 Å². The number of nitrogens with one attached hydrogen (secondary N) is 1. The van der Waals surface area contributed by atoms with E-state index in [2.05, 4.69) is 4.98 Å². The summed E-state index contributed by atoms with van der Waals surface area (Å²) in [7, 11) is 0. The van der Waals surface area contributed by atoms with Gasteiger partial charge in [0.15, 0.2) is 0 Å². The monoisotopic (exact) mass is 293 g/mol. The Morgan fingerprint density at radius 2 is 2.14 bits per heavy atom. The van der Waals surface area contributed by atoms with Crippen molar-refractivity contribution in [3.05, 3.63) is 49.2 Å². The van der Waals surface area contributed by atoms with Crippen molar-refractivity contribution in [2.45, 2.75) is 13.5 Å². The fourth-order valence-corrected chi connectivity index (χ4v) is 1.88. The molecule has 1 aromatic heterocycles. The zero-order chi connectivity index (χ0) is 15.6. The van der Waals surface area contributed by atoms with Gasteiger partial charge < -0.3 is 4.74 Å². The van der Waals surface area contributed by atoms with Gasteiger partial charge in [0.1, 0.15) is 6.54 Å². The first kappa shape index (κ1) is 14.4. The average molecular weight is 293 g/mol. The molecule has 9 nitrogen and oxygen atoms in total. The second kappa shape index (κ2) is 5.57. The van der Waals surface area contributed by atoms with E-state index in [0.29, 0.717) is 0 Å². The van der Waals surface area contributed by atoms with E-state index in [1.54, 1.807) is 6.92 Å². The largest absolute Gasteiger partial charge is 0.465 e. The molecule has 2 aromatic rings. The molecule has 0 radical (unpaired) electrons. The smallest absolute Gasteiger partial charge is 0.329 e. The van der Waals surface area contributed by atoms with Gasteiger partial charge in [-0.25, -0.2) is 4.79 Å². The van der Waals surface area contributed by atoms with Crippen molar-refractivity contribution in [1.82, 2.24) is 9.55 Å². The Morgan fingerprint density at radius 1 is 1.43 bits per heavy atom. The molecule has 9 heteroatoms. The van der Waals surface area contributed by atoms with Crippen molar-refractivity contribution in [3.8, 4) is 0 Å². The number of nitro groups is 1. The summed E-state index contributed by atoms with van der Waals surface area (Å²) in [5.74, 6) is -0.681.